The molecule has 0 radical (unpaired) electrons. The quantitative estimate of drug-likeness (QED) is 0.858. The number of nitrogens with one attached hydrogen (secondary N) is 1. The highest BCUT2D eigenvalue weighted by Crippen LogP contribution is 2.26. The van der Waals surface area contributed by atoms with E-state index < -0.39 is 0 Å². The third kappa shape index (κ3) is 3.03. The molecule has 0 saturated heterocycles. The summed E-state index contributed by atoms with van der Waals surface area (Å²) < 4.78 is 5.61. The molecule has 0 aliphatic rings. The topological polar surface area (TPSA) is 42.2 Å². The molecule has 14 heavy (non-hydrogen) atoms. The van der Waals surface area contributed by atoms with E-state index in [1.165, 1.54) is 0 Å². The molecule has 0 aliphatic carbocycles. The molecule has 1 aromatic heterocycles. The van der Waals surface area contributed by atoms with Crippen LogP contribution < -0.4 is 5.32 Å². The van der Waals surface area contributed by atoms with Crippen molar-refractivity contribution in [2.75, 3.05) is 0 Å². The summed E-state index contributed by atoms with van der Waals surface area (Å²) in [5.74, 6) is -0.0677. The number of furan rings is 1. The SMILES string of the molecule is CC(C)(C)NC(=O)c1cc(Br)c(Cl)o1. The molecule has 3 nitrogen and oxygen atoms in total. The molecule has 0 aliphatic heterocycles. The van der Waals surface area contributed by atoms with Crippen molar-refractivity contribution in [3.8, 4) is 0 Å². The van der Waals surface area contributed by atoms with Crippen LogP contribution in [0.5, 0.6) is 0 Å². The number of halogens is 2. The zero-order chi connectivity index (χ0) is 10.9. The van der Waals surface area contributed by atoms with Gasteiger partial charge in [-0.3, -0.25) is 4.79 Å². The van der Waals surface area contributed by atoms with Crippen LogP contribution in [-0.4, -0.2) is 11.4 Å². The van der Waals surface area contributed by atoms with Crippen LogP contribution in [0.3, 0.4) is 0 Å². The summed E-state index contributed by atoms with van der Waals surface area (Å²) in [7, 11) is 0. The van der Waals surface area contributed by atoms with Gasteiger partial charge >= 0.3 is 0 Å². The van der Waals surface area contributed by atoms with Crippen molar-refractivity contribution < 1.29 is 9.21 Å². The molecule has 0 unspecified atom stereocenters. The van der Waals surface area contributed by atoms with E-state index in [-0.39, 0.29) is 22.4 Å². The number of rotatable bonds is 1. The highest BCUT2D eigenvalue weighted by molar-refractivity contribution is 9.10. The second-order valence-corrected chi connectivity index (χ2v) is 5.13. The van der Waals surface area contributed by atoms with Crippen molar-refractivity contribution in [3.05, 3.63) is 21.5 Å². The van der Waals surface area contributed by atoms with Crippen LogP contribution in [0.2, 0.25) is 5.22 Å². The summed E-state index contributed by atoms with van der Waals surface area (Å²) in [6.45, 7) is 5.68. The molecule has 1 aromatic rings. The van der Waals surface area contributed by atoms with E-state index in [0.29, 0.717) is 4.47 Å². The first-order valence-corrected chi connectivity index (χ1v) is 5.24. The highest BCUT2D eigenvalue weighted by Gasteiger charge is 2.19. The lowest BCUT2D eigenvalue weighted by Gasteiger charge is -2.19. The molecular weight excluding hydrogens is 269 g/mol. The lowest BCUT2D eigenvalue weighted by molar-refractivity contribution is 0.0891. The van der Waals surface area contributed by atoms with Crippen LogP contribution in [0, 0.1) is 0 Å². The van der Waals surface area contributed by atoms with Gasteiger partial charge in [-0.25, -0.2) is 0 Å². The number of hydrogen-bond donors (Lipinski definition) is 1. The third-order valence-electron chi connectivity index (χ3n) is 1.36. The molecule has 5 heteroatoms. The average molecular weight is 281 g/mol. The fourth-order valence-corrected chi connectivity index (χ4v) is 1.29. The molecule has 1 N–H and O–H groups in total. The van der Waals surface area contributed by atoms with E-state index in [9.17, 15) is 4.79 Å². The third-order valence-corrected chi connectivity index (χ3v) is 2.46. The van der Waals surface area contributed by atoms with Gasteiger partial charge in [-0.05, 0) is 48.3 Å². The van der Waals surface area contributed by atoms with Crippen LogP contribution in [0.1, 0.15) is 31.3 Å². The monoisotopic (exact) mass is 279 g/mol. The summed E-state index contributed by atoms with van der Waals surface area (Å²) >= 11 is 8.81. The van der Waals surface area contributed by atoms with E-state index in [4.69, 9.17) is 16.0 Å². The number of carbonyl (C=O) groups excluding carboxylic acids is 1. The first kappa shape index (κ1) is 11.6. The Morgan fingerprint density at radius 3 is 2.50 bits per heavy atom. The second kappa shape index (κ2) is 3.95. The molecule has 0 aromatic carbocycles. The van der Waals surface area contributed by atoms with Crippen molar-refractivity contribution in [3.63, 3.8) is 0 Å². The van der Waals surface area contributed by atoms with Crippen LogP contribution >= 0.6 is 27.5 Å². The van der Waals surface area contributed by atoms with Gasteiger partial charge in [0.05, 0.1) is 4.47 Å². The maximum absolute atomic E-state index is 11.5. The van der Waals surface area contributed by atoms with Gasteiger partial charge in [0.1, 0.15) is 0 Å². The van der Waals surface area contributed by atoms with Gasteiger partial charge < -0.3 is 9.73 Å². The summed E-state index contributed by atoms with van der Waals surface area (Å²) in [5.41, 5.74) is -0.289. The predicted molar refractivity (Wildman–Crippen MR) is 58.6 cm³/mol. The van der Waals surface area contributed by atoms with E-state index in [0.717, 1.165) is 0 Å². The minimum absolute atomic E-state index is 0.184. The molecule has 1 heterocycles. The standard InChI is InChI=1S/C9H11BrClNO2/c1-9(2,3)12-8(13)6-4-5(10)7(11)14-6/h4H,1-3H3,(H,12,13). The van der Waals surface area contributed by atoms with E-state index in [1.807, 2.05) is 20.8 Å². The molecular formula is C9H11BrClNO2. The van der Waals surface area contributed by atoms with Crippen LogP contribution in [0.15, 0.2) is 15.0 Å². The minimum atomic E-state index is -0.289. The molecule has 0 fully saturated rings. The zero-order valence-electron chi connectivity index (χ0n) is 8.15. The van der Waals surface area contributed by atoms with Crippen molar-refractivity contribution in [2.45, 2.75) is 26.3 Å². The Morgan fingerprint density at radius 1 is 1.57 bits per heavy atom. The first-order valence-electron chi connectivity index (χ1n) is 4.07. The summed E-state index contributed by atoms with van der Waals surface area (Å²) in [4.78, 5) is 11.5. The maximum atomic E-state index is 11.5. The van der Waals surface area contributed by atoms with Gasteiger partial charge in [0.25, 0.3) is 5.91 Å². The maximum Gasteiger partial charge on any atom is 0.287 e. The van der Waals surface area contributed by atoms with Gasteiger partial charge in [-0.1, -0.05) is 0 Å². The van der Waals surface area contributed by atoms with E-state index in [2.05, 4.69) is 21.2 Å². The molecule has 0 bridgehead atoms. The molecule has 78 valence electrons. The highest BCUT2D eigenvalue weighted by atomic mass is 79.9. The lowest BCUT2D eigenvalue weighted by atomic mass is 10.1. The second-order valence-electron chi connectivity index (χ2n) is 3.94. The lowest BCUT2D eigenvalue weighted by Crippen LogP contribution is -2.40. The Labute approximate surface area is 95.9 Å². The van der Waals surface area contributed by atoms with Crippen LogP contribution in [0.4, 0.5) is 0 Å². The van der Waals surface area contributed by atoms with Crippen molar-refractivity contribution in [1.29, 1.82) is 0 Å². The average Bonchev–Trinajstić information content (AvgIpc) is 2.28. The normalized spacial score (nSPS) is 11.5. The number of hydrogen-bond acceptors (Lipinski definition) is 2. The van der Waals surface area contributed by atoms with Gasteiger partial charge in [-0.2, -0.15) is 0 Å². The van der Waals surface area contributed by atoms with E-state index in [1.54, 1.807) is 6.07 Å². The Bertz CT molecular complexity index is 335. The first-order chi connectivity index (χ1) is 6.29. The Balaban J connectivity index is 2.80. The molecule has 0 saturated carbocycles. The summed E-state index contributed by atoms with van der Waals surface area (Å²) in [6, 6.07) is 1.55. The van der Waals surface area contributed by atoms with Crippen LogP contribution in [-0.2, 0) is 0 Å². The van der Waals surface area contributed by atoms with Crippen LogP contribution in [0.25, 0.3) is 0 Å². The molecule has 0 spiro atoms. The fourth-order valence-electron chi connectivity index (χ4n) is 0.861. The number of carbonyl (C=O) groups is 1. The van der Waals surface area contributed by atoms with Gasteiger partial charge in [0.2, 0.25) is 5.22 Å². The molecule has 0 atom stereocenters. The van der Waals surface area contributed by atoms with Crippen molar-refractivity contribution >= 4 is 33.4 Å². The fraction of sp³-hybridized carbons (Fsp3) is 0.444. The summed E-state index contributed by atoms with van der Waals surface area (Å²) in [6.07, 6.45) is 0. The Kier molecular flexibility index (Phi) is 3.27. The Hall–Kier alpha value is -0.480. The van der Waals surface area contributed by atoms with Gasteiger partial charge in [0.15, 0.2) is 5.76 Å². The molecule has 1 amide bonds. The van der Waals surface area contributed by atoms with Crippen molar-refractivity contribution in [2.24, 2.45) is 0 Å². The van der Waals surface area contributed by atoms with E-state index >= 15 is 0 Å². The smallest absolute Gasteiger partial charge is 0.287 e. The minimum Gasteiger partial charge on any atom is -0.438 e. The molecule has 1 rings (SSSR count). The van der Waals surface area contributed by atoms with Gasteiger partial charge in [0, 0.05) is 11.6 Å². The van der Waals surface area contributed by atoms with Crippen molar-refractivity contribution in [1.82, 2.24) is 5.32 Å². The zero-order valence-corrected chi connectivity index (χ0v) is 10.5. The van der Waals surface area contributed by atoms with Gasteiger partial charge in [-0.15, -0.1) is 0 Å². The number of amides is 1. The summed E-state index contributed by atoms with van der Waals surface area (Å²) in [5, 5.41) is 2.95. The largest absolute Gasteiger partial charge is 0.438 e. The Morgan fingerprint density at radius 2 is 2.14 bits per heavy atom. The predicted octanol–water partition coefficient (Wildman–Crippen LogP) is 3.22.